The molecule has 7 nitrogen and oxygen atoms in total. The van der Waals surface area contributed by atoms with Crippen LogP contribution >= 0.6 is 12.4 Å². The number of nitrogens with zero attached hydrogens (tertiary/aromatic N) is 2. The molecular formula is C16H22ClN3O4. The van der Waals surface area contributed by atoms with Crippen molar-refractivity contribution >= 4 is 18.4 Å². The monoisotopic (exact) mass is 355 g/mol. The molecule has 24 heavy (non-hydrogen) atoms. The predicted molar refractivity (Wildman–Crippen MR) is 93.1 cm³/mol. The Morgan fingerprint density at radius 1 is 1.25 bits per heavy atom. The Kier molecular flexibility index (Phi) is 7.54. The zero-order valence-corrected chi connectivity index (χ0v) is 14.5. The minimum atomic E-state index is -0.125. The first-order chi connectivity index (χ1) is 11.0. The van der Waals surface area contributed by atoms with Crippen molar-refractivity contribution in [3.8, 4) is 17.4 Å². The lowest BCUT2D eigenvalue weighted by atomic mass is 10.0. The summed E-state index contributed by atoms with van der Waals surface area (Å²) in [5.74, 6) is 1.22. The number of aromatic nitrogens is 2. The molecule has 2 aromatic rings. The second kappa shape index (κ2) is 9.14. The van der Waals surface area contributed by atoms with E-state index in [2.05, 4.69) is 9.97 Å². The van der Waals surface area contributed by atoms with Crippen molar-refractivity contribution < 1.29 is 19.7 Å². The van der Waals surface area contributed by atoms with E-state index in [0.717, 1.165) is 5.56 Å². The highest BCUT2D eigenvalue weighted by Gasteiger charge is 2.14. The number of aliphatic hydroxyl groups is 1. The fourth-order valence-corrected chi connectivity index (χ4v) is 2.21. The van der Waals surface area contributed by atoms with Gasteiger partial charge in [0.2, 0.25) is 11.8 Å². The molecule has 2 rings (SSSR count). The lowest BCUT2D eigenvalue weighted by Crippen LogP contribution is -2.04. The quantitative estimate of drug-likeness (QED) is 0.650. The van der Waals surface area contributed by atoms with Gasteiger partial charge in [-0.15, -0.1) is 12.4 Å². The first kappa shape index (κ1) is 19.8. The van der Waals surface area contributed by atoms with Crippen LogP contribution in [0.4, 0.5) is 5.95 Å². The van der Waals surface area contributed by atoms with Crippen LogP contribution in [0.5, 0.6) is 17.4 Å². The van der Waals surface area contributed by atoms with Crippen LogP contribution < -0.4 is 15.2 Å². The van der Waals surface area contributed by atoms with Crippen LogP contribution in [0.2, 0.25) is 0 Å². The summed E-state index contributed by atoms with van der Waals surface area (Å²) in [4.78, 5) is 7.86. The zero-order chi connectivity index (χ0) is 16.8. The number of nitrogens with two attached hydrogens (primary N) is 1. The van der Waals surface area contributed by atoms with Crippen molar-refractivity contribution in [1.29, 1.82) is 0 Å². The van der Waals surface area contributed by atoms with Gasteiger partial charge in [0.15, 0.2) is 0 Å². The van der Waals surface area contributed by atoms with Gasteiger partial charge in [0, 0.05) is 31.1 Å². The highest BCUT2D eigenvalue weighted by Crippen LogP contribution is 2.30. The minimum absolute atomic E-state index is 0. The summed E-state index contributed by atoms with van der Waals surface area (Å²) in [6.45, 7) is 2.29. The van der Waals surface area contributed by atoms with Crippen molar-refractivity contribution in [2.75, 3.05) is 26.1 Å². The van der Waals surface area contributed by atoms with Gasteiger partial charge in [-0.2, -0.15) is 4.98 Å². The number of halogens is 1. The van der Waals surface area contributed by atoms with Gasteiger partial charge in [-0.3, -0.25) is 0 Å². The van der Waals surface area contributed by atoms with Crippen LogP contribution in [0.15, 0.2) is 18.2 Å². The smallest absolute Gasteiger partial charge is 0.223 e. The molecule has 0 saturated heterocycles. The van der Waals surface area contributed by atoms with E-state index in [1.165, 1.54) is 0 Å². The third-order valence-corrected chi connectivity index (χ3v) is 3.41. The van der Waals surface area contributed by atoms with Crippen molar-refractivity contribution in [2.24, 2.45) is 0 Å². The first-order valence-corrected chi connectivity index (χ1v) is 7.27. The van der Waals surface area contributed by atoms with E-state index < -0.39 is 0 Å². The summed E-state index contributed by atoms with van der Waals surface area (Å²) in [5, 5.41) is 18.8. The second-order valence-electron chi connectivity index (χ2n) is 5.05. The Hall–Kier alpha value is -2.25. The average Bonchev–Trinajstić information content (AvgIpc) is 2.51. The van der Waals surface area contributed by atoms with Gasteiger partial charge in [-0.1, -0.05) is 6.07 Å². The van der Waals surface area contributed by atoms with Gasteiger partial charge in [-0.25, -0.2) is 4.98 Å². The summed E-state index contributed by atoms with van der Waals surface area (Å²) in [6, 6.07) is 5.46. The highest BCUT2D eigenvalue weighted by atomic mass is 35.5. The van der Waals surface area contributed by atoms with Crippen molar-refractivity contribution in [3.63, 3.8) is 0 Å². The number of aryl methyl sites for hydroxylation is 1. The number of nitrogen functional groups attached to an aromatic ring is 1. The molecule has 132 valence electrons. The topological polar surface area (TPSA) is 111 Å². The van der Waals surface area contributed by atoms with Crippen molar-refractivity contribution in [2.45, 2.75) is 19.8 Å². The number of methoxy groups -OCH3 is 1. The number of anilines is 1. The molecule has 1 heterocycles. The van der Waals surface area contributed by atoms with Gasteiger partial charge in [0.1, 0.15) is 11.5 Å². The molecule has 1 aromatic heterocycles. The molecule has 0 unspecified atom stereocenters. The van der Waals surface area contributed by atoms with Crippen molar-refractivity contribution in [3.05, 3.63) is 35.0 Å². The summed E-state index contributed by atoms with van der Waals surface area (Å²) in [6.07, 6.45) is 0.984. The van der Waals surface area contributed by atoms with E-state index in [1.54, 1.807) is 20.1 Å². The van der Waals surface area contributed by atoms with Crippen LogP contribution in [-0.4, -0.2) is 40.5 Å². The Bertz CT molecular complexity index is 659. The van der Waals surface area contributed by atoms with Gasteiger partial charge in [-0.05, 0) is 18.6 Å². The highest BCUT2D eigenvalue weighted by molar-refractivity contribution is 5.85. The molecule has 0 radical (unpaired) electrons. The lowest BCUT2D eigenvalue weighted by molar-refractivity contribution is 0.233. The van der Waals surface area contributed by atoms with Gasteiger partial charge in [0.05, 0.1) is 19.4 Å². The maximum atomic E-state index is 9.97. The predicted octanol–water partition coefficient (Wildman–Crippen LogP) is 1.86. The van der Waals surface area contributed by atoms with Gasteiger partial charge < -0.3 is 25.4 Å². The van der Waals surface area contributed by atoms with E-state index in [-0.39, 0.29) is 30.8 Å². The molecule has 0 bridgehead atoms. The van der Waals surface area contributed by atoms with Crippen LogP contribution in [-0.2, 0) is 6.42 Å². The summed E-state index contributed by atoms with van der Waals surface area (Å²) < 4.78 is 10.9. The Morgan fingerprint density at radius 3 is 2.62 bits per heavy atom. The molecule has 0 saturated carbocycles. The molecule has 0 amide bonds. The number of hydrogen-bond acceptors (Lipinski definition) is 7. The number of aromatic hydroxyl groups is 1. The fraction of sp³-hybridized carbons (Fsp3) is 0.375. The molecule has 0 aliphatic heterocycles. The van der Waals surface area contributed by atoms with Crippen LogP contribution in [0.3, 0.4) is 0 Å². The normalized spacial score (nSPS) is 10.1. The number of hydrogen-bond donors (Lipinski definition) is 3. The number of rotatable bonds is 7. The van der Waals surface area contributed by atoms with Crippen LogP contribution in [0.1, 0.15) is 23.2 Å². The van der Waals surface area contributed by atoms with Gasteiger partial charge >= 0.3 is 0 Å². The molecule has 0 aliphatic carbocycles. The van der Waals surface area contributed by atoms with Crippen molar-refractivity contribution in [1.82, 2.24) is 9.97 Å². The standard InChI is InChI=1S/C16H21N3O4.ClH/c1-10-13(15(21)19-16(17)18-10)8-11-4-5-12(9-14(11)22-2)23-7-3-6-20;/h4-5,9,20H,3,6-8H2,1-2H3,(H3,17,18,19,21);1H. The maximum Gasteiger partial charge on any atom is 0.223 e. The first-order valence-electron chi connectivity index (χ1n) is 7.27. The third kappa shape index (κ3) is 4.87. The van der Waals surface area contributed by atoms with E-state index in [4.69, 9.17) is 20.3 Å². The Labute approximate surface area is 146 Å². The van der Waals surface area contributed by atoms with Gasteiger partial charge in [0.25, 0.3) is 0 Å². The molecule has 0 atom stereocenters. The zero-order valence-electron chi connectivity index (χ0n) is 13.7. The molecule has 0 fully saturated rings. The average molecular weight is 356 g/mol. The lowest BCUT2D eigenvalue weighted by Gasteiger charge is -2.13. The molecular weight excluding hydrogens is 334 g/mol. The van der Waals surface area contributed by atoms with Crippen LogP contribution in [0.25, 0.3) is 0 Å². The minimum Gasteiger partial charge on any atom is -0.496 e. The summed E-state index contributed by atoms with van der Waals surface area (Å²) >= 11 is 0. The number of aliphatic hydroxyl groups excluding tert-OH is 1. The largest absolute Gasteiger partial charge is 0.496 e. The molecule has 0 aliphatic rings. The Morgan fingerprint density at radius 2 is 2.00 bits per heavy atom. The summed E-state index contributed by atoms with van der Waals surface area (Å²) in [7, 11) is 1.57. The van der Waals surface area contributed by atoms with E-state index in [1.807, 2.05) is 12.1 Å². The number of benzene rings is 1. The number of ether oxygens (including phenoxy) is 2. The summed E-state index contributed by atoms with van der Waals surface area (Å²) in [5.41, 5.74) is 7.61. The SMILES string of the molecule is COc1cc(OCCCO)ccc1Cc1c(C)nc(N)nc1O.Cl. The molecule has 8 heteroatoms. The van der Waals surface area contributed by atoms with E-state index >= 15 is 0 Å². The maximum absolute atomic E-state index is 9.97. The molecule has 4 N–H and O–H groups in total. The fourth-order valence-electron chi connectivity index (χ4n) is 2.21. The third-order valence-electron chi connectivity index (χ3n) is 3.41. The molecule has 0 spiro atoms. The Balaban J connectivity index is 0.00000288. The molecule has 1 aromatic carbocycles. The van der Waals surface area contributed by atoms with E-state index in [0.29, 0.717) is 42.2 Å². The second-order valence-corrected chi connectivity index (χ2v) is 5.05. The van der Waals surface area contributed by atoms with Crippen LogP contribution in [0, 0.1) is 6.92 Å². The van der Waals surface area contributed by atoms with E-state index in [9.17, 15) is 5.11 Å².